The molecule has 3 nitrogen and oxygen atoms in total. The molecule has 88 valence electrons. The molecule has 0 aliphatic rings. The zero-order chi connectivity index (χ0) is 12.6. The third kappa shape index (κ3) is 2.22. The van der Waals surface area contributed by atoms with E-state index in [-0.39, 0.29) is 10.6 Å². The molecular formula is C12H10ClFN2O. The summed E-state index contributed by atoms with van der Waals surface area (Å²) in [5.74, 6) is -0.0759. The maximum atomic E-state index is 12.9. The van der Waals surface area contributed by atoms with Gasteiger partial charge in [0.05, 0.1) is 5.02 Å². The molecule has 17 heavy (non-hydrogen) atoms. The molecule has 1 aromatic heterocycles. The Hall–Kier alpha value is -1.68. The number of aromatic amines is 1. The van der Waals surface area contributed by atoms with E-state index in [0.29, 0.717) is 22.6 Å². The number of benzene rings is 1. The monoisotopic (exact) mass is 252 g/mol. The van der Waals surface area contributed by atoms with Crippen molar-refractivity contribution in [3.8, 4) is 11.4 Å². The summed E-state index contributed by atoms with van der Waals surface area (Å²) >= 11 is 5.91. The Labute approximate surface area is 102 Å². The average molecular weight is 253 g/mol. The Morgan fingerprint density at radius 2 is 2.06 bits per heavy atom. The first kappa shape index (κ1) is 11.8. The highest BCUT2D eigenvalue weighted by atomic mass is 35.5. The van der Waals surface area contributed by atoms with Crippen LogP contribution in [0.25, 0.3) is 11.4 Å². The van der Waals surface area contributed by atoms with Crippen LogP contribution in [0.2, 0.25) is 5.02 Å². The Morgan fingerprint density at radius 1 is 1.35 bits per heavy atom. The molecule has 0 aliphatic heterocycles. The second-order valence-electron chi connectivity index (χ2n) is 3.75. The normalized spacial score (nSPS) is 10.6. The van der Waals surface area contributed by atoms with Crippen molar-refractivity contribution in [3.05, 3.63) is 50.7 Å². The predicted octanol–water partition coefficient (Wildman–Crippen LogP) is 2.85. The molecule has 1 aromatic carbocycles. The van der Waals surface area contributed by atoms with E-state index in [1.807, 2.05) is 0 Å². The Balaban J connectivity index is 2.65. The molecule has 0 saturated carbocycles. The van der Waals surface area contributed by atoms with Crippen molar-refractivity contribution in [1.82, 2.24) is 9.97 Å². The lowest BCUT2D eigenvalue weighted by atomic mass is 10.2. The highest BCUT2D eigenvalue weighted by molar-refractivity contribution is 6.33. The van der Waals surface area contributed by atoms with Gasteiger partial charge in [-0.2, -0.15) is 0 Å². The number of hydrogen-bond donors (Lipinski definition) is 1. The first-order chi connectivity index (χ1) is 7.99. The van der Waals surface area contributed by atoms with Crippen LogP contribution in [0.3, 0.4) is 0 Å². The SMILES string of the molecule is Cc1nc(-c2ccc(F)cc2Cl)[nH]c(=O)c1C. The Morgan fingerprint density at radius 3 is 2.65 bits per heavy atom. The molecule has 0 saturated heterocycles. The van der Waals surface area contributed by atoms with Crippen LogP contribution in [0.15, 0.2) is 23.0 Å². The molecule has 0 radical (unpaired) electrons. The van der Waals surface area contributed by atoms with Crippen LogP contribution < -0.4 is 5.56 Å². The second-order valence-corrected chi connectivity index (χ2v) is 4.16. The van der Waals surface area contributed by atoms with Gasteiger partial charge in [-0.15, -0.1) is 0 Å². The molecule has 0 amide bonds. The smallest absolute Gasteiger partial charge is 0.254 e. The molecule has 0 spiro atoms. The van der Waals surface area contributed by atoms with Crippen molar-refractivity contribution in [1.29, 1.82) is 0 Å². The minimum absolute atomic E-state index is 0.215. The van der Waals surface area contributed by atoms with E-state index in [9.17, 15) is 9.18 Å². The van der Waals surface area contributed by atoms with E-state index in [0.717, 1.165) is 0 Å². The van der Waals surface area contributed by atoms with E-state index >= 15 is 0 Å². The number of aromatic nitrogens is 2. The standard InChI is InChI=1S/C12H10ClFN2O/c1-6-7(2)15-11(16-12(6)17)9-4-3-8(14)5-10(9)13/h3-5H,1-2H3,(H,15,16,17). The summed E-state index contributed by atoms with van der Waals surface area (Å²) in [5.41, 5.74) is 1.48. The van der Waals surface area contributed by atoms with Crippen LogP contribution in [-0.2, 0) is 0 Å². The summed E-state index contributed by atoms with van der Waals surface area (Å²) in [6.07, 6.45) is 0. The first-order valence-electron chi connectivity index (χ1n) is 5.02. The minimum atomic E-state index is -0.426. The molecular weight excluding hydrogens is 243 g/mol. The van der Waals surface area contributed by atoms with Crippen LogP contribution in [-0.4, -0.2) is 9.97 Å². The van der Waals surface area contributed by atoms with Crippen molar-refractivity contribution < 1.29 is 4.39 Å². The molecule has 0 unspecified atom stereocenters. The molecule has 0 atom stereocenters. The zero-order valence-electron chi connectivity index (χ0n) is 9.34. The van der Waals surface area contributed by atoms with Gasteiger partial charge in [0.25, 0.3) is 5.56 Å². The lowest BCUT2D eigenvalue weighted by Crippen LogP contribution is -2.14. The summed E-state index contributed by atoms with van der Waals surface area (Å²) in [5, 5.41) is 0.219. The highest BCUT2D eigenvalue weighted by Crippen LogP contribution is 2.25. The van der Waals surface area contributed by atoms with Gasteiger partial charge in [0, 0.05) is 16.8 Å². The number of aryl methyl sites for hydroxylation is 1. The van der Waals surface area contributed by atoms with Crippen LogP contribution in [0, 0.1) is 19.7 Å². The quantitative estimate of drug-likeness (QED) is 0.848. The predicted molar refractivity (Wildman–Crippen MR) is 64.7 cm³/mol. The fraction of sp³-hybridized carbons (Fsp3) is 0.167. The van der Waals surface area contributed by atoms with Crippen LogP contribution >= 0.6 is 11.6 Å². The van der Waals surface area contributed by atoms with E-state index in [2.05, 4.69) is 9.97 Å². The number of halogens is 2. The topological polar surface area (TPSA) is 45.8 Å². The molecule has 1 heterocycles. The highest BCUT2D eigenvalue weighted by Gasteiger charge is 2.09. The average Bonchev–Trinajstić information content (AvgIpc) is 2.25. The third-order valence-corrected chi connectivity index (χ3v) is 2.89. The van der Waals surface area contributed by atoms with Crippen molar-refractivity contribution >= 4 is 11.6 Å². The van der Waals surface area contributed by atoms with Gasteiger partial charge >= 0.3 is 0 Å². The molecule has 2 rings (SSSR count). The van der Waals surface area contributed by atoms with Gasteiger partial charge in [-0.25, -0.2) is 9.37 Å². The number of hydrogen-bond acceptors (Lipinski definition) is 2. The van der Waals surface area contributed by atoms with Crippen LogP contribution in [0.5, 0.6) is 0 Å². The largest absolute Gasteiger partial charge is 0.306 e. The van der Waals surface area contributed by atoms with Crippen molar-refractivity contribution in [2.75, 3.05) is 0 Å². The van der Waals surface area contributed by atoms with Crippen LogP contribution in [0.4, 0.5) is 4.39 Å². The number of rotatable bonds is 1. The van der Waals surface area contributed by atoms with E-state index in [1.165, 1.54) is 18.2 Å². The lowest BCUT2D eigenvalue weighted by Gasteiger charge is -2.06. The molecule has 5 heteroatoms. The fourth-order valence-corrected chi connectivity index (χ4v) is 1.71. The number of nitrogens with zero attached hydrogens (tertiary/aromatic N) is 1. The Bertz CT molecular complexity index is 637. The van der Waals surface area contributed by atoms with Gasteiger partial charge in [0.15, 0.2) is 0 Å². The summed E-state index contributed by atoms with van der Waals surface area (Å²) in [4.78, 5) is 18.5. The molecule has 0 aliphatic carbocycles. The van der Waals surface area contributed by atoms with E-state index in [1.54, 1.807) is 13.8 Å². The van der Waals surface area contributed by atoms with E-state index < -0.39 is 5.82 Å². The third-order valence-electron chi connectivity index (χ3n) is 2.58. The molecule has 2 aromatic rings. The maximum Gasteiger partial charge on any atom is 0.254 e. The first-order valence-corrected chi connectivity index (χ1v) is 5.40. The molecule has 0 fully saturated rings. The van der Waals surface area contributed by atoms with Gasteiger partial charge in [0.2, 0.25) is 0 Å². The summed E-state index contributed by atoms with van der Waals surface area (Å²) in [6.45, 7) is 3.43. The lowest BCUT2D eigenvalue weighted by molar-refractivity contribution is 0.628. The number of H-pyrrole nitrogens is 1. The summed E-state index contributed by atoms with van der Waals surface area (Å²) in [7, 11) is 0. The van der Waals surface area contributed by atoms with E-state index in [4.69, 9.17) is 11.6 Å². The molecule has 1 N–H and O–H groups in total. The van der Waals surface area contributed by atoms with Gasteiger partial charge in [0.1, 0.15) is 11.6 Å². The van der Waals surface area contributed by atoms with Crippen LogP contribution in [0.1, 0.15) is 11.3 Å². The Kier molecular flexibility index (Phi) is 2.98. The number of nitrogens with one attached hydrogen (secondary N) is 1. The summed E-state index contributed by atoms with van der Waals surface area (Å²) < 4.78 is 12.9. The molecule has 0 bridgehead atoms. The second kappa shape index (κ2) is 4.30. The minimum Gasteiger partial charge on any atom is -0.306 e. The summed E-state index contributed by atoms with van der Waals surface area (Å²) in [6, 6.07) is 3.95. The van der Waals surface area contributed by atoms with Crippen molar-refractivity contribution in [2.24, 2.45) is 0 Å². The van der Waals surface area contributed by atoms with Gasteiger partial charge in [-0.05, 0) is 32.0 Å². The van der Waals surface area contributed by atoms with Crippen molar-refractivity contribution in [3.63, 3.8) is 0 Å². The maximum absolute atomic E-state index is 12.9. The zero-order valence-corrected chi connectivity index (χ0v) is 10.1. The van der Waals surface area contributed by atoms with Gasteiger partial charge in [-0.3, -0.25) is 4.79 Å². The fourth-order valence-electron chi connectivity index (χ4n) is 1.45. The van der Waals surface area contributed by atoms with Crippen molar-refractivity contribution in [2.45, 2.75) is 13.8 Å². The van der Waals surface area contributed by atoms with Gasteiger partial charge in [-0.1, -0.05) is 11.6 Å². The van der Waals surface area contributed by atoms with Gasteiger partial charge < -0.3 is 4.98 Å².